The minimum atomic E-state index is -1.89. The van der Waals surface area contributed by atoms with Gasteiger partial charge in [0.25, 0.3) is 5.24 Å². The van der Waals surface area contributed by atoms with Crippen molar-refractivity contribution < 1.29 is 81.4 Å². The lowest BCUT2D eigenvalue weighted by atomic mass is 9.83. The average molecular weight is 1310 g/mol. The minimum Gasteiger partial charge on any atom is -0.495 e. The fourth-order valence-electron chi connectivity index (χ4n) is 10.6. The van der Waals surface area contributed by atoms with Gasteiger partial charge >= 0.3 is 24.2 Å². The third-order valence-corrected chi connectivity index (χ3v) is 18.1. The molecule has 24 nitrogen and oxygen atoms in total. The van der Waals surface area contributed by atoms with Gasteiger partial charge in [0.15, 0.2) is 5.72 Å². The molecule has 2 aliphatic heterocycles. The largest absolute Gasteiger partial charge is 0.495 e. The lowest BCUT2D eigenvalue weighted by molar-refractivity contribution is -0.162. The van der Waals surface area contributed by atoms with Gasteiger partial charge in [0.2, 0.25) is 17.7 Å². The standard InChI is InChI=1S/C63H86ClN7O17S2/c1-38-17-16-20-50(83-9)63(81)35-49(86-59(78)68-63)39(2)56-62(4,88-56)51(34-44(72)33-43-30-42(29-38)32-48(82-8)55(43)64)87-57(76)40(3)71(7)54(75)24-28-90-61(80)70(6)27-26-69(5)60(79)84-36-41-21-22-46(67-58(77)85-45-18-14-12-11-13-15-19-45)47(31-41)66-52(73)23-25-65-53(74)37-89-10/h14,16-18,20-22,30-32,39-40,45,49-51,56,81H,11-13,15,19,23-29,33-37H2,1-10H3,(H,65,74)(H,66,73)(H,67,77)(H,68,78)/b18-14+,20-16+,38-17+/t39-,40+,45?,49+,50-,51+,56+,62+,63+/m1/s1. The molecule has 494 valence electrons. The molecule has 1 unspecified atom stereocenters. The van der Waals surface area contributed by atoms with Crippen LogP contribution in [0.15, 0.2) is 66.3 Å². The number of Topliss-reactive ketones (excluding diaryl/α,β-unsaturated/α-hetero) is 1. The Morgan fingerprint density at radius 3 is 2.42 bits per heavy atom. The number of carbonyl (C=O) groups is 9. The summed E-state index contributed by atoms with van der Waals surface area (Å²) < 4.78 is 40.7. The number of halogens is 1. The van der Waals surface area contributed by atoms with Crippen molar-refractivity contribution in [3.8, 4) is 5.75 Å². The molecule has 27 heteroatoms. The van der Waals surface area contributed by atoms with Gasteiger partial charge in [0, 0.05) is 91.7 Å². The molecule has 0 aromatic heterocycles. The molecule has 2 aromatic rings. The van der Waals surface area contributed by atoms with E-state index in [1.807, 2.05) is 31.2 Å². The second kappa shape index (κ2) is 34.0. The number of ether oxygens (including phenoxy) is 7. The zero-order valence-corrected chi connectivity index (χ0v) is 55.2. The van der Waals surface area contributed by atoms with Gasteiger partial charge in [-0.05, 0) is 100 Å². The van der Waals surface area contributed by atoms with Crippen LogP contribution in [-0.4, -0.2) is 193 Å². The molecule has 2 heterocycles. The normalized spacial score (nSPS) is 25.0. The van der Waals surface area contributed by atoms with Crippen molar-refractivity contribution in [1.82, 2.24) is 25.3 Å². The van der Waals surface area contributed by atoms with Crippen LogP contribution >= 0.6 is 35.1 Å². The Balaban J connectivity index is 1.02. The lowest BCUT2D eigenvalue weighted by Gasteiger charge is -2.42. The van der Waals surface area contributed by atoms with Crippen LogP contribution in [0, 0.1) is 5.92 Å². The fraction of sp³-hybridized carbons (Fsp3) is 0.571. The second-order valence-electron chi connectivity index (χ2n) is 23.2. The lowest BCUT2D eigenvalue weighted by Crippen LogP contribution is -2.63. The molecule has 4 aliphatic rings. The highest BCUT2D eigenvalue weighted by atomic mass is 35.5. The van der Waals surface area contributed by atoms with Crippen molar-refractivity contribution in [3.63, 3.8) is 0 Å². The van der Waals surface area contributed by atoms with Crippen molar-refractivity contribution in [1.29, 1.82) is 0 Å². The topological polar surface area (TPSA) is 300 Å². The number of carbonyl (C=O) groups excluding carboxylic acids is 9. The van der Waals surface area contributed by atoms with Gasteiger partial charge < -0.3 is 63.6 Å². The molecule has 5 N–H and O–H groups in total. The van der Waals surface area contributed by atoms with Gasteiger partial charge in [-0.25, -0.2) is 19.2 Å². The SMILES string of the molecule is COc1cc2cc(c1Cl)CC(=O)C[C@H](OC(=O)[C@H](C)N(C)C(=O)CCSC(=O)N(C)CCN(C)C(=O)OCc1ccc(NC(=O)OC3/C=C/CCCCC3)c(NC(=O)CCNC(=O)CSC)c1)[C@]1(C)O[C@H]1[C@H](C)[C@@H]1C[C@@](O)(NC(=O)O1)[C@H](OC)/C=C/C=C(\C)C2. The number of nitrogens with one attached hydrogen (secondary N) is 4. The van der Waals surface area contributed by atoms with Crippen molar-refractivity contribution in [2.45, 2.75) is 153 Å². The van der Waals surface area contributed by atoms with Gasteiger partial charge in [-0.3, -0.25) is 34.6 Å². The Morgan fingerprint density at radius 2 is 1.69 bits per heavy atom. The van der Waals surface area contributed by atoms with Crippen LogP contribution in [0.25, 0.3) is 0 Å². The van der Waals surface area contributed by atoms with E-state index in [1.54, 1.807) is 63.6 Å². The van der Waals surface area contributed by atoms with Crippen molar-refractivity contribution >= 4 is 99.5 Å². The van der Waals surface area contributed by atoms with E-state index < -0.39 is 89.9 Å². The highest BCUT2D eigenvalue weighted by molar-refractivity contribution is 8.13. The number of fused-ring (bicyclic) bond motifs is 5. The Kier molecular flexibility index (Phi) is 27.3. The average Bonchev–Trinajstić information content (AvgIpc) is 1.58. The number of methoxy groups -OCH3 is 2. The van der Waals surface area contributed by atoms with Crippen LogP contribution < -0.4 is 26.0 Å². The summed E-state index contributed by atoms with van der Waals surface area (Å²) in [5, 5.41) is 22.4. The summed E-state index contributed by atoms with van der Waals surface area (Å²) in [5.41, 5.74) is -0.0597. The highest BCUT2D eigenvalue weighted by Gasteiger charge is 2.64. The maximum atomic E-state index is 14.2. The van der Waals surface area contributed by atoms with Gasteiger partial charge in [-0.1, -0.05) is 78.7 Å². The summed E-state index contributed by atoms with van der Waals surface area (Å²) in [5.74, 6) is -2.26. The van der Waals surface area contributed by atoms with E-state index in [4.69, 9.17) is 44.8 Å². The maximum absolute atomic E-state index is 14.2. The van der Waals surface area contributed by atoms with E-state index in [2.05, 4.69) is 21.3 Å². The smallest absolute Gasteiger partial charge is 0.412 e. The van der Waals surface area contributed by atoms with Crippen LogP contribution in [0.1, 0.15) is 102 Å². The molecule has 2 fully saturated rings. The number of alkyl carbamates (subject to hydrolysis) is 1. The Hall–Kier alpha value is -6.84. The van der Waals surface area contributed by atoms with E-state index in [0.717, 1.165) is 48.6 Å². The molecule has 9 atom stereocenters. The zero-order valence-electron chi connectivity index (χ0n) is 52.9. The van der Waals surface area contributed by atoms with Crippen molar-refractivity contribution in [3.05, 3.63) is 88.0 Å². The molecule has 0 radical (unpaired) electrons. The van der Waals surface area contributed by atoms with Crippen LogP contribution in [-0.2, 0) is 71.8 Å². The Bertz CT molecular complexity index is 3020. The first-order chi connectivity index (χ1) is 42.8. The summed E-state index contributed by atoms with van der Waals surface area (Å²) >= 11 is 9.01. The summed E-state index contributed by atoms with van der Waals surface area (Å²) in [4.78, 5) is 123. The van der Waals surface area contributed by atoms with Gasteiger partial charge in [0.1, 0.15) is 54.2 Å². The third-order valence-electron chi connectivity index (χ3n) is 16.1. The molecular formula is C63H86ClN7O17S2. The number of ketones is 1. The van der Waals surface area contributed by atoms with E-state index in [1.165, 1.54) is 61.7 Å². The predicted octanol–water partition coefficient (Wildman–Crippen LogP) is 8.35. The number of nitrogens with zero attached hydrogens (tertiary/aromatic N) is 3. The number of thioether (sulfide) groups is 2. The van der Waals surface area contributed by atoms with Gasteiger partial charge in [0.05, 0.1) is 35.4 Å². The zero-order chi connectivity index (χ0) is 65.9. The van der Waals surface area contributed by atoms with E-state index in [-0.39, 0.29) is 103 Å². The number of hydrogen-bond acceptors (Lipinski definition) is 19. The first-order valence-electron chi connectivity index (χ1n) is 29.9. The molecule has 4 bridgehead atoms. The molecule has 2 saturated heterocycles. The summed E-state index contributed by atoms with van der Waals surface area (Å²) in [7, 11) is 7.34. The summed E-state index contributed by atoms with van der Waals surface area (Å²) in [6, 6.07) is 7.15. The number of likely N-dealkylation sites (N-methyl/N-ethyl adjacent to an activating group) is 3. The number of aliphatic hydroxyl groups is 1. The monoisotopic (exact) mass is 1310 g/mol. The van der Waals surface area contributed by atoms with Crippen molar-refractivity contribution in [2.24, 2.45) is 5.92 Å². The van der Waals surface area contributed by atoms with Gasteiger partial charge in [-0.2, -0.15) is 11.8 Å². The number of allylic oxidation sites excluding steroid dienone is 4. The molecule has 90 heavy (non-hydrogen) atoms. The number of benzene rings is 2. The van der Waals surface area contributed by atoms with E-state index in [9.17, 15) is 48.3 Å². The quantitative estimate of drug-likeness (QED) is 0.0339. The second-order valence-corrected chi connectivity index (χ2v) is 25.5. The molecule has 2 aromatic carbocycles. The van der Waals surface area contributed by atoms with Crippen molar-refractivity contribution in [2.75, 3.05) is 83.4 Å². The number of rotatable bonds is 21. The highest BCUT2D eigenvalue weighted by Crippen LogP contribution is 2.49. The molecule has 6 rings (SSSR count). The molecule has 0 saturated carbocycles. The maximum Gasteiger partial charge on any atom is 0.412 e. The summed E-state index contributed by atoms with van der Waals surface area (Å²) in [6.07, 6.45) is 8.55. The first kappa shape index (κ1) is 72.2. The predicted molar refractivity (Wildman–Crippen MR) is 341 cm³/mol. The van der Waals surface area contributed by atoms with Crippen LogP contribution in [0.3, 0.4) is 0 Å². The number of anilines is 2. The molecule has 7 amide bonds. The van der Waals surface area contributed by atoms with Crippen LogP contribution in [0.2, 0.25) is 5.02 Å². The Morgan fingerprint density at radius 1 is 0.933 bits per heavy atom. The molecular weight excluding hydrogens is 1230 g/mol. The first-order valence-corrected chi connectivity index (χ1v) is 32.7. The number of amides is 7. The molecule has 0 spiro atoms. The molecule has 2 aliphatic carbocycles. The van der Waals surface area contributed by atoms with Gasteiger partial charge in [-0.15, -0.1) is 0 Å². The van der Waals surface area contributed by atoms with E-state index in [0.29, 0.717) is 29.7 Å². The van der Waals surface area contributed by atoms with Crippen LogP contribution in [0.5, 0.6) is 5.75 Å². The Labute approximate surface area is 539 Å². The number of esters is 1. The van der Waals surface area contributed by atoms with E-state index >= 15 is 0 Å². The fourth-order valence-corrected chi connectivity index (χ4v) is 12.0. The third kappa shape index (κ3) is 20.8. The minimum absolute atomic E-state index is 0.0430. The summed E-state index contributed by atoms with van der Waals surface area (Å²) in [6.45, 7) is 6.88. The van der Waals surface area contributed by atoms with Crippen LogP contribution in [0.4, 0.5) is 30.6 Å². The number of epoxide rings is 1. The number of hydrogen-bond donors (Lipinski definition) is 5.